The number of nitrogens with one attached hydrogen (secondary N) is 1. The second kappa shape index (κ2) is 5.88. The Balaban J connectivity index is 1.77. The summed E-state index contributed by atoms with van der Waals surface area (Å²) < 4.78 is 18.8. The number of anilines is 1. The van der Waals surface area contributed by atoms with Crippen molar-refractivity contribution in [2.75, 3.05) is 5.32 Å². The standard InChI is InChI=1S/C16H11BrFNO3/c17-10-1-6-13-9(7-10)8-14(22-16(13)21)15(20)19-12-4-2-11(18)3-5-12/h1-7,14H,8H2,(H,19,20). The van der Waals surface area contributed by atoms with Gasteiger partial charge in [-0.2, -0.15) is 0 Å². The van der Waals surface area contributed by atoms with Gasteiger partial charge in [-0.15, -0.1) is 0 Å². The average molecular weight is 364 g/mol. The van der Waals surface area contributed by atoms with Crippen LogP contribution in [0.25, 0.3) is 0 Å². The Kier molecular flexibility index (Phi) is 3.94. The second-order valence-electron chi connectivity index (χ2n) is 4.90. The molecule has 2 aromatic carbocycles. The molecule has 1 amide bonds. The molecule has 0 saturated carbocycles. The number of fused-ring (bicyclic) bond motifs is 1. The third kappa shape index (κ3) is 3.01. The van der Waals surface area contributed by atoms with E-state index in [1.807, 2.05) is 0 Å². The van der Waals surface area contributed by atoms with Crippen LogP contribution in [0.5, 0.6) is 0 Å². The maximum absolute atomic E-state index is 12.8. The largest absolute Gasteiger partial charge is 0.448 e. The molecule has 22 heavy (non-hydrogen) atoms. The molecule has 0 bridgehead atoms. The van der Waals surface area contributed by atoms with Crippen molar-refractivity contribution in [3.05, 3.63) is 63.9 Å². The van der Waals surface area contributed by atoms with Crippen LogP contribution in [0.4, 0.5) is 10.1 Å². The molecule has 1 N–H and O–H groups in total. The molecule has 0 saturated heterocycles. The van der Waals surface area contributed by atoms with Gasteiger partial charge in [0.05, 0.1) is 5.56 Å². The zero-order valence-electron chi connectivity index (χ0n) is 11.3. The van der Waals surface area contributed by atoms with Crippen molar-refractivity contribution in [3.8, 4) is 0 Å². The lowest BCUT2D eigenvalue weighted by Crippen LogP contribution is -2.38. The molecule has 2 aromatic rings. The van der Waals surface area contributed by atoms with Crippen LogP contribution in [0.1, 0.15) is 15.9 Å². The van der Waals surface area contributed by atoms with E-state index < -0.39 is 18.0 Å². The van der Waals surface area contributed by atoms with Crippen LogP contribution in [0.3, 0.4) is 0 Å². The molecule has 1 unspecified atom stereocenters. The van der Waals surface area contributed by atoms with Gasteiger partial charge in [0.25, 0.3) is 5.91 Å². The first-order valence-electron chi connectivity index (χ1n) is 6.59. The molecule has 1 atom stereocenters. The van der Waals surface area contributed by atoms with Crippen molar-refractivity contribution in [1.29, 1.82) is 0 Å². The Morgan fingerprint density at radius 3 is 2.68 bits per heavy atom. The van der Waals surface area contributed by atoms with Crippen LogP contribution in [0.15, 0.2) is 46.9 Å². The predicted octanol–water partition coefficient (Wildman–Crippen LogP) is 3.31. The quantitative estimate of drug-likeness (QED) is 0.832. The summed E-state index contributed by atoms with van der Waals surface area (Å²) in [6, 6.07) is 10.6. The van der Waals surface area contributed by atoms with E-state index in [2.05, 4.69) is 21.2 Å². The zero-order chi connectivity index (χ0) is 15.7. The van der Waals surface area contributed by atoms with Gasteiger partial charge in [-0.1, -0.05) is 15.9 Å². The van der Waals surface area contributed by atoms with E-state index in [0.717, 1.165) is 10.0 Å². The molecular formula is C16H11BrFNO3. The summed E-state index contributed by atoms with van der Waals surface area (Å²) in [5, 5.41) is 2.61. The van der Waals surface area contributed by atoms with Crippen molar-refractivity contribution in [2.45, 2.75) is 12.5 Å². The number of ether oxygens (including phenoxy) is 1. The van der Waals surface area contributed by atoms with Crippen LogP contribution < -0.4 is 5.32 Å². The number of rotatable bonds is 2. The lowest BCUT2D eigenvalue weighted by molar-refractivity contribution is -0.125. The summed E-state index contributed by atoms with van der Waals surface area (Å²) in [6.45, 7) is 0. The van der Waals surface area contributed by atoms with E-state index in [-0.39, 0.29) is 5.82 Å². The van der Waals surface area contributed by atoms with E-state index in [1.165, 1.54) is 24.3 Å². The first kappa shape index (κ1) is 14.7. The first-order valence-corrected chi connectivity index (χ1v) is 7.38. The zero-order valence-corrected chi connectivity index (χ0v) is 12.9. The number of halogens is 2. The average Bonchev–Trinajstić information content (AvgIpc) is 2.49. The smallest absolute Gasteiger partial charge is 0.339 e. The highest BCUT2D eigenvalue weighted by molar-refractivity contribution is 9.10. The summed E-state index contributed by atoms with van der Waals surface area (Å²) in [5.74, 6) is -1.35. The van der Waals surface area contributed by atoms with Crippen molar-refractivity contribution in [3.63, 3.8) is 0 Å². The molecule has 0 aliphatic carbocycles. The minimum absolute atomic E-state index is 0.299. The molecule has 1 aliphatic heterocycles. The molecule has 6 heteroatoms. The minimum atomic E-state index is -0.903. The monoisotopic (exact) mass is 363 g/mol. The third-order valence-corrected chi connectivity index (χ3v) is 3.84. The molecular weight excluding hydrogens is 353 g/mol. The highest BCUT2D eigenvalue weighted by Gasteiger charge is 2.31. The highest BCUT2D eigenvalue weighted by Crippen LogP contribution is 2.25. The van der Waals surface area contributed by atoms with E-state index >= 15 is 0 Å². The molecule has 0 aromatic heterocycles. The predicted molar refractivity (Wildman–Crippen MR) is 82.1 cm³/mol. The number of carbonyl (C=O) groups excluding carboxylic acids is 2. The Morgan fingerprint density at radius 1 is 1.23 bits per heavy atom. The van der Waals surface area contributed by atoms with Gasteiger partial charge in [0.15, 0.2) is 6.10 Å². The van der Waals surface area contributed by atoms with Crippen LogP contribution in [-0.2, 0) is 16.0 Å². The van der Waals surface area contributed by atoms with Gasteiger partial charge in [0.2, 0.25) is 0 Å². The van der Waals surface area contributed by atoms with Crippen LogP contribution in [0.2, 0.25) is 0 Å². The summed E-state index contributed by atoms with van der Waals surface area (Å²) in [6.07, 6.45) is -0.604. The number of hydrogen-bond donors (Lipinski definition) is 1. The maximum atomic E-state index is 12.8. The van der Waals surface area contributed by atoms with Crippen LogP contribution in [0, 0.1) is 5.82 Å². The highest BCUT2D eigenvalue weighted by atomic mass is 79.9. The van der Waals surface area contributed by atoms with Gasteiger partial charge in [-0.05, 0) is 48.0 Å². The topological polar surface area (TPSA) is 55.4 Å². The van der Waals surface area contributed by atoms with Crippen molar-refractivity contribution in [2.24, 2.45) is 0 Å². The summed E-state index contributed by atoms with van der Waals surface area (Å²) in [4.78, 5) is 24.1. The SMILES string of the molecule is O=C1OC(C(=O)Nc2ccc(F)cc2)Cc2cc(Br)ccc21. The lowest BCUT2D eigenvalue weighted by atomic mass is 9.98. The molecule has 1 heterocycles. The molecule has 1 aliphatic rings. The van der Waals surface area contributed by atoms with Gasteiger partial charge in [-0.3, -0.25) is 4.79 Å². The Bertz CT molecular complexity index is 746. The molecule has 0 fully saturated rings. The summed E-state index contributed by atoms with van der Waals surface area (Å²) in [5.41, 5.74) is 1.67. The van der Waals surface area contributed by atoms with Gasteiger partial charge < -0.3 is 10.1 Å². The van der Waals surface area contributed by atoms with E-state index in [0.29, 0.717) is 17.7 Å². The second-order valence-corrected chi connectivity index (χ2v) is 5.81. The van der Waals surface area contributed by atoms with E-state index in [1.54, 1.807) is 18.2 Å². The number of carbonyl (C=O) groups is 2. The third-order valence-electron chi connectivity index (χ3n) is 3.35. The van der Waals surface area contributed by atoms with Gasteiger partial charge >= 0.3 is 5.97 Å². The lowest BCUT2D eigenvalue weighted by Gasteiger charge is -2.24. The Hall–Kier alpha value is -2.21. The van der Waals surface area contributed by atoms with Gasteiger partial charge in [0, 0.05) is 16.6 Å². The van der Waals surface area contributed by atoms with E-state index in [9.17, 15) is 14.0 Å². The minimum Gasteiger partial charge on any atom is -0.448 e. The number of esters is 1. The number of benzene rings is 2. The molecule has 0 radical (unpaired) electrons. The fraction of sp³-hybridized carbons (Fsp3) is 0.125. The summed E-state index contributed by atoms with van der Waals surface area (Å²) in [7, 11) is 0. The maximum Gasteiger partial charge on any atom is 0.339 e. The Morgan fingerprint density at radius 2 is 1.95 bits per heavy atom. The van der Waals surface area contributed by atoms with Crippen LogP contribution in [-0.4, -0.2) is 18.0 Å². The summed E-state index contributed by atoms with van der Waals surface area (Å²) >= 11 is 3.34. The molecule has 0 spiro atoms. The number of hydrogen-bond acceptors (Lipinski definition) is 3. The normalized spacial score (nSPS) is 16.6. The molecule has 3 rings (SSSR count). The Labute approximate surface area is 134 Å². The fourth-order valence-corrected chi connectivity index (χ4v) is 2.68. The van der Waals surface area contributed by atoms with Gasteiger partial charge in [0.1, 0.15) is 5.82 Å². The number of amides is 1. The number of cyclic esters (lactones) is 1. The van der Waals surface area contributed by atoms with Crippen LogP contribution >= 0.6 is 15.9 Å². The molecule has 112 valence electrons. The van der Waals surface area contributed by atoms with Gasteiger partial charge in [-0.25, -0.2) is 9.18 Å². The molecule has 4 nitrogen and oxygen atoms in total. The fourth-order valence-electron chi connectivity index (χ4n) is 2.27. The van der Waals surface area contributed by atoms with Crippen molar-refractivity contribution in [1.82, 2.24) is 0 Å². The van der Waals surface area contributed by atoms with E-state index in [4.69, 9.17) is 4.74 Å². The van der Waals surface area contributed by atoms with Crippen molar-refractivity contribution < 1.29 is 18.7 Å². The van der Waals surface area contributed by atoms with Crippen molar-refractivity contribution >= 4 is 33.5 Å². The first-order chi connectivity index (χ1) is 10.5.